The van der Waals surface area contributed by atoms with Gasteiger partial charge in [-0.25, -0.2) is 4.98 Å². The van der Waals surface area contributed by atoms with E-state index in [1.165, 1.54) is 10.4 Å². The molecule has 5 heteroatoms. The number of benzene rings is 2. The van der Waals surface area contributed by atoms with Crippen molar-refractivity contribution in [2.24, 2.45) is 0 Å². The second kappa shape index (κ2) is 5.45. The number of aromatic nitrogens is 2. The number of hydrogen-bond acceptors (Lipinski definition) is 3. The van der Waals surface area contributed by atoms with Gasteiger partial charge in [0.15, 0.2) is 0 Å². The van der Waals surface area contributed by atoms with Crippen molar-refractivity contribution in [3.8, 4) is 5.69 Å². The van der Waals surface area contributed by atoms with Crippen molar-refractivity contribution in [2.45, 2.75) is 12.6 Å². The SMILES string of the molecule is Clc1cccc2c1CNC(c1nc3ccccc3s1)c1cccn1-2. The van der Waals surface area contributed by atoms with Gasteiger partial charge in [-0.15, -0.1) is 11.3 Å². The third-order valence-electron chi connectivity index (χ3n) is 4.47. The van der Waals surface area contributed by atoms with Crippen LogP contribution in [0.3, 0.4) is 0 Å². The zero-order chi connectivity index (χ0) is 16.1. The number of para-hydroxylation sites is 1. The Morgan fingerprint density at radius 2 is 2.00 bits per heavy atom. The summed E-state index contributed by atoms with van der Waals surface area (Å²) in [5, 5.41) is 5.52. The quantitative estimate of drug-likeness (QED) is 0.526. The van der Waals surface area contributed by atoms with E-state index in [2.05, 4.69) is 52.5 Å². The van der Waals surface area contributed by atoms with Gasteiger partial charge >= 0.3 is 0 Å². The number of halogens is 1. The lowest BCUT2D eigenvalue weighted by Crippen LogP contribution is -2.21. The minimum atomic E-state index is 0.0564. The van der Waals surface area contributed by atoms with Gasteiger partial charge in [0.2, 0.25) is 0 Å². The summed E-state index contributed by atoms with van der Waals surface area (Å²) in [5.41, 5.74) is 4.51. The summed E-state index contributed by atoms with van der Waals surface area (Å²) in [6.45, 7) is 0.720. The minimum absolute atomic E-state index is 0.0564. The predicted octanol–water partition coefficient (Wildman–Crippen LogP) is 4.93. The lowest BCUT2D eigenvalue weighted by atomic mass is 10.1. The smallest absolute Gasteiger partial charge is 0.117 e. The van der Waals surface area contributed by atoms with E-state index in [1.807, 2.05) is 18.2 Å². The van der Waals surface area contributed by atoms with Crippen LogP contribution in [-0.4, -0.2) is 9.55 Å². The predicted molar refractivity (Wildman–Crippen MR) is 99.1 cm³/mol. The second-order valence-corrected chi connectivity index (χ2v) is 7.34. The molecular formula is C19H14ClN3S. The minimum Gasteiger partial charge on any atom is -0.318 e. The largest absolute Gasteiger partial charge is 0.318 e. The average Bonchev–Trinajstić information content (AvgIpc) is 3.20. The van der Waals surface area contributed by atoms with Gasteiger partial charge in [0.25, 0.3) is 0 Å². The average molecular weight is 352 g/mol. The van der Waals surface area contributed by atoms with Gasteiger partial charge in [-0.3, -0.25) is 5.32 Å². The zero-order valence-electron chi connectivity index (χ0n) is 12.7. The summed E-state index contributed by atoms with van der Waals surface area (Å²) in [4.78, 5) is 4.85. The van der Waals surface area contributed by atoms with Crippen LogP contribution < -0.4 is 5.32 Å². The van der Waals surface area contributed by atoms with Crippen molar-refractivity contribution in [3.63, 3.8) is 0 Å². The Morgan fingerprint density at radius 1 is 1.08 bits per heavy atom. The van der Waals surface area contributed by atoms with Crippen molar-refractivity contribution in [1.82, 2.24) is 14.9 Å². The summed E-state index contributed by atoms with van der Waals surface area (Å²) in [6, 6.07) is 18.6. The molecule has 0 aliphatic carbocycles. The van der Waals surface area contributed by atoms with Crippen LogP contribution in [0.15, 0.2) is 60.8 Å². The van der Waals surface area contributed by atoms with E-state index in [0.29, 0.717) is 0 Å². The Kier molecular flexibility index (Phi) is 3.23. The Bertz CT molecular complexity index is 1020. The van der Waals surface area contributed by atoms with Crippen LogP contribution in [0.25, 0.3) is 15.9 Å². The van der Waals surface area contributed by atoms with Gasteiger partial charge in [-0.2, -0.15) is 0 Å². The molecule has 0 spiro atoms. The van der Waals surface area contributed by atoms with E-state index in [4.69, 9.17) is 16.6 Å². The highest BCUT2D eigenvalue weighted by molar-refractivity contribution is 7.18. The zero-order valence-corrected chi connectivity index (χ0v) is 14.3. The van der Waals surface area contributed by atoms with Crippen LogP contribution in [0.2, 0.25) is 5.02 Å². The van der Waals surface area contributed by atoms with E-state index in [-0.39, 0.29) is 6.04 Å². The molecule has 5 rings (SSSR count). The maximum Gasteiger partial charge on any atom is 0.117 e. The van der Waals surface area contributed by atoms with Crippen molar-refractivity contribution in [3.05, 3.63) is 82.1 Å². The molecular weight excluding hydrogens is 338 g/mol. The third-order valence-corrected chi connectivity index (χ3v) is 5.93. The number of thiazole rings is 1. The molecule has 0 bridgehead atoms. The fourth-order valence-electron chi connectivity index (χ4n) is 3.33. The van der Waals surface area contributed by atoms with E-state index in [9.17, 15) is 0 Å². The van der Waals surface area contributed by atoms with Crippen LogP contribution in [0.4, 0.5) is 0 Å². The molecule has 1 unspecified atom stereocenters. The highest BCUT2D eigenvalue weighted by Gasteiger charge is 2.26. The van der Waals surface area contributed by atoms with Gasteiger partial charge in [0, 0.05) is 29.0 Å². The molecule has 4 aromatic rings. The first kappa shape index (κ1) is 14.2. The Hall–Kier alpha value is -2.14. The molecule has 1 aliphatic heterocycles. The highest BCUT2D eigenvalue weighted by Crippen LogP contribution is 2.35. The number of fused-ring (bicyclic) bond motifs is 4. The van der Waals surface area contributed by atoms with Crippen molar-refractivity contribution >= 4 is 33.2 Å². The molecule has 0 fully saturated rings. The topological polar surface area (TPSA) is 29.9 Å². The maximum absolute atomic E-state index is 6.44. The molecule has 0 amide bonds. The molecule has 0 saturated heterocycles. The summed E-state index contributed by atoms with van der Waals surface area (Å²) in [7, 11) is 0. The maximum atomic E-state index is 6.44. The van der Waals surface area contributed by atoms with Crippen molar-refractivity contribution in [1.29, 1.82) is 0 Å². The molecule has 1 N–H and O–H groups in total. The van der Waals surface area contributed by atoms with E-state index in [0.717, 1.165) is 33.3 Å². The standard InChI is InChI=1S/C19H14ClN3S/c20-13-5-3-7-15-12(13)11-21-18(16-8-4-10-23(15)16)19-22-14-6-1-2-9-17(14)24-19/h1-10,18,21H,11H2. The molecule has 0 saturated carbocycles. The molecule has 1 aliphatic rings. The van der Waals surface area contributed by atoms with E-state index >= 15 is 0 Å². The first-order valence-corrected chi connectivity index (χ1v) is 9.04. The molecule has 2 aromatic carbocycles. The van der Waals surface area contributed by atoms with Crippen LogP contribution in [0.1, 0.15) is 22.3 Å². The van der Waals surface area contributed by atoms with Gasteiger partial charge in [-0.05, 0) is 36.4 Å². The monoisotopic (exact) mass is 351 g/mol. The number of rotatable bonds is 1. The summed E-state index contributed by atoms with van der Waals surface area (Å²) < 4.78 is 3.44. The summed E-state index contributed by atoms with van der Waals surface area (Å²) in [5.74, 6) is 0. The van der Waals surface area contributed by atoms with Crippen molar-refractivity contribution in [2.75, 3.05) is 0 Å². The number of nitrogens with zero attached hydrogens (tertiary/aromatic N) is 2. The molecule has 3 nitrogen and oxygen atoms in total. The fraction of sp³-hybridized carbons (Fsp3) is 0.105. The van der Waals surface area contributed by atoms with E-state index in [1.54, 1.807) is 11.3 Å². The Balaban J connectivity index is 1.69. The molecule has 118 valence electrons. The van der Waals surface area contributed by atoms with Crippen LogP contribution >= 0.6 is 22.9 Å². The van der Waals surface area contributed by atoms with Crippen LogP contribution in [0.5, 0.6) is 0 Å². The van der Waals surface area contributed by atoms with Crippen molar-refractivity contribution < 1.29 is 0 Å². The first-order valence-electron chi connectivity index (χ1n) is 7.85. The molecule has 2 aromatic heterocycles. The fourth-order valence-corrected chi connectivity index (χ4v) is 4.63. The normalized spacial score (nSPS) is 16.6. The lowest BCUT2D eigenvalue weighted by molar-refractivity contribution is 0.599. The molecule has 24 heavy (non-hydrogen) atoms. The van der Waals surface area contributed by atoms with Crippen LogP contribution in [-0.2, 0) is 6.54 Å². The van der Waals surface area contributed by atoms with E-state index < -0.39 is 0 Å². The third kappa shape index (κ3) is 2.11. The molecule has 3 heterocycles. The Labute approximate surface area is 148 Å². The first-order chi connectivity index (χ1) is 11.8. The van der Waals surface area contributed by atoms with Crippen LogP contribution in [0, 0.1) is 0 Å². The highest BCUT2D eigenvalue weighted by atomic mass is 35.5. The molecule has 1 atom stereocenters. The summed E-state index contributed by atoms with van der Waals surface area (Å²) >= 11 is 8.18. The van der Waals surface area contributed by atoms with Gasteiger partial charge < -0.3 is 4.57 Å². The van der Waals surface area contributed by atoms with Gasteiger partial charge in [-0.1, -0.05) is 29.8 Å². The molecule has 0 radical (unpaired) electrons. The summed E-state index contributed by atoms with van der Waals surface area (Å²) in [6.07, 6.45) is 2.10. The van der Waals surface area contributed by atoms with Gasteiger partial charge in [0.05, 0.1) is 15.9 Å². The number of hydrogen-bond donors (Lipinski definition) is 1. The second-order valence-electron chi connectivity index (χ2n) is 5.87. The Morgan fingerprint density at radius 3 is 2.92 bits per heavy atom. The number of nitrogens with one attached hydrogen (secondary N) is 1. The lowest BCUT2D eigenvalue weighted by Gasteiger charge is -2.14. The van der Waals surface area contributed by atoms with Gasteiger partial charge in [0.1, 0.15) is 11.0 Å².